The minimum atomic E-state index is -0.210. The highest BCUT2D eigenvalue weighted by atomic mass is 16.2. The molecule has 0 N–H and O–H groups in total. The van der Waals surface area contributed by atoms with Crippen LogP contribution in [0.15, 0.2) is 55.6 Å². The van der Waals surface area contributed by atoms with Crippen LogP contribution in [0.1, 0.15) is 75.8 Å². The maximum absolute atomic E-state index is 14.9. The summed E-state index contributed by atoms with van der Waals surface area (Å²) in [6.45, 7) is 11.4. The highest BCUT2D eigenvalue weighted by Gasteiger charge is 2.30. The SMILES string of the molecule is CCc1cc2cc3c(=O)n(CCN4CCCCC4)c(=O)c4cc5c(CCN6CCCCC6)cc6cc7c(=O)n(CCN8CCCCC8)c(=O)c8cc1c1c2c(c34)c5c6c1c78. The summed E-state index contributed by atoms with van der Waals surface area (Å²) in [6, 6.07) is 12.8. The molecular weight excluding hydrogens is 747 g/mol. The molecule has 12 rings (SSSR count). The molecule has 2 aromatic heterocycles. The lowest BCUT2D eigenvalue weighted by Crippen LogP contribution is -2.39. The molecule has 60 heavy (non-hydrogen) atoms. The van der Waals surface area contributed by atoms with Gasteiger partial charge >= 0.3 is 0 Å². The third-order valence-electron chi connectivity index (χ3n) is 15.3. The molecule has 9 heteroatoms. The molecule has 5 heterocycles. The Morgan fingerprint density at radius 2 is 0.750 bits per heavy atom. The van der Waals surface area contributed by atoms with Crippen molar-refractivity contribution in [1.82, 2.24) is 23.8 Å². The molecule has 3 aliphatic rings. The normalized spacial score (nSPS) is 18.3. The fourth-order valence-electron chi connectivity index (χ4n) is 12.3. The number of likely N-dealkylation sites (tertiary alicyclic amines) is 3. The summed E-state index contributed by atoms with van der Waals surface area (Å²) in [6.07, 6.45) is 12.3. The average Bonchev–Trinajstić information content (AvgIpc) is 3.28. The predicted octanol–water partition coefficient (Wildman–Crippen LogP) is 7.71. The lowest BCUT2D eigenvalue weighted by Gasteiger charge is -2.28. The van der Waals surface area contributed by atoms with Crippen molar-refractivity contribution in [1.29, 1.82) is 0 Å². The number of hydrogen-bond donors (Lipinski definition) is 0. The van der Waals surface area contributed by atoms with Crippen LogP contribution in [-0.2, 0) is 25.9 Å². The molecule has 0 atom stereocenters. The molecule has 7 aromatic carbocycles. The zero-order valence-electron chi connectivity index (χ0n) is 34.9. The van der Waals surface area contributed by atoms with Crippen LogP contribution in [0, 0.1) is 0 Å². The molecule has 9 aromatic rings. The molecular formula is C51H53N5O4. The second kappa shape index (κ2) is 14.0. The summed E-state index contributed by atoms with van der Waals surface area (Å²) in [4.78, 5) is 66.5. The number of benzene rings is 7. The van der Waals surface area contributed by atoms with E-state index in [1.807, 2.05) is 6.07 Å². The molecule has 0 unspecified atom stereocenters. The first kappa shape index (κ1) is 36.9. The number of piperidine rings is 3. The molecule has 0 amide bonds. The van der Waals surface area contributed by atoms with Gasteiger partial charge in [0.1, 0.15) is 0 Å². The molecule has 306 valence electrons. The van der Waals surface area contributed by atoms with E-state index in [0.717, 1.165) is 155 Å². The fourth-order valence-corrected chi connectivity index (χ4v) is 12.3. The Hall–Kier alpha value is -4.96. The lowest BCUT2D eigenvalue weighted by atomic mass is 9.78. The van der Waals surface area contributed by atoms with Crippen molar-refractivity contribution in [2.24, 2.45) is 0 Å². The zero-order valence-corrected chi connectivity index (χ0v) is 34.9. The predicted molar refractivity (Wildman–Crippen MR) is 247 cm³/mol. The highest BCUT2D eigenvalue weighted by molar-refractivity contribution is 6.50. The quantitative estimate of drug-likeness (QED) is 0.104. The molecule has 3 saturated heterocycles. The lowest BCUT2D eigenvalue weighted by molar-refractivity contribution is 0.219. The van der Waals surface area contributed by atoms with Crippen LogP contribution < -0.4 is 22.2 Å². The molecule has 9 nitrogen and oxygen atoms in total. The maximum Gasteiger partial charge on any atom is 0.261 e. The van der Waals surface area contributed by atoms with Crippen LogP contribution in [0.4, 0.5) is 0 Å². The first-order chi connectivity index (χ1) is 29.4. The molecule has 0 radical (unpaired) electrons. The fraction of sp³-hybridized carbons (Fsp3) is 0.451. The van der Waals surface area contributed by atoms with Crippen molar-refractivity contribution in [3.05, 3.63) is 88.9 Å². The largest absolute Gasteiger partial charge is 0.303 e. The van der Waals surface area contributed by atoms with Gasteiger partial charge in [-0.3, -0.25) is 28.3 Å². The molecule has 0 aliphatic carbocycles. The Balaban J connectivity index is 1.19. The summed E-state index contributed by atoms with van der Waals surface area (Å²) in [5, 5.41) is 14.1. The minimum Gasteiger partial charge on any atom is -0.303 e. The number of rotatable bonds is 10. The number of nitrogens with zero attached hydrogens (tertiary/aromatic N) is 5. The van der Waals surface area contributed by atoms with Crippen molar-refractivity contribution in [2.75, 3.05) is 58.9 Å². The summed E-state index contributed by atoms with van der Waals surface area (Å²) >= 11 is 0. The van der Waals surface area contributed by atoms with E-state index in [-0.39, 0.29) is 22.2 Å². The Bertz CT molecular complexity index is 3350. The van der Waals surface area contributed by atoms with Crippen LogP contribution in [0.5, 0.6) is 0 Å². The van der Waals surface area contributed by atoms with E-state index in [4.69, 9.17) is 0 Å². The van der Waals surface area contributed by atoms with Gasteiger partial charge in [0.2, 0.25) is 0 Å². The van der Waals surface area contributed by atoms with E-state index in [2.05, 4.69) is 52.0 Å². The first-order valence-corrected chi connectivity index (χ1v) is 23.1. The third kappa shape index (κ3) is 5.34. The van der Waals surface area contributed by atoms with E-state index in [1.54, 1.807) is 0 Å². The van der Waals surface area contributed by atoms with E-state index >= 15 is 0 Å². The van der Waals surface area contributed by atoms with Crippen molar-refractivity contribution >= 4 is 86.2 Å². The van der Waals surface area contributed by atoms with Gasteiger partial charge in [-0.1, -0.05) is 38.3 Å². The van der Waals surface area contributed by atoms with Crippen LogP contribution in [0.3, 0.4) is 0 Å². The van der Waals surface area contributed by atoms with Crippen molar-refractivity contribution in [3.8, 4) is 0 Å². The summed E-state index contributed by atoms with van der Waals surface area (Å²) < 4.78 is 3.04. The topological polar surface area (TPSA) is 87.9 Å². The van der Waals surface area contributed by atoms with Gasteiger partial charge in [-0.05, 0) is 169 Å². The Morgan fingerprint density at radius 3 is 1.18 bits per heavy atom. The Labute approximate surface area is 347 Å². The van der Waals surface area contributed by atoms with E-state index < -0.39 is 0 Å². The number of hydrogen-bond acceptors (Lipinski definition) is 7. The van der Waals surface area contributed by atoms with Gasteiger partial charge in [-0.2, -0.15) is 0 Å². The Kier molecular flexibility index (Phi) is 8.63. The van der Waals surface area contributed by atoms with Gasteiger partial charge in [0.15, 0.2) is 0 Å². The number of aryl methyl sites for hydroxylation is 1. The third-order valence-corrected chi connectivity index (χ3v) is 15.3. The number of aromatic nitrogens is 2. The van der Waals surface area contributed by atoms with Crippen LogP contribution >= 0.6 is 0 Å². The molecule has 0 saturated carbocycles. The second-order valence-corrected chi connectivity index (χ2v) is 18.6. The van der Waals surface area contributed by atoms with Gasteiger partial charge in [-0.25, -0.2) is 0 Å². The zero-order chi connectivity index (χ0) is 40.4. The van der Waals surface area contributed by atoms with Gasteiger partial charge in [0.25, 0.3) is 22.2 Å². The summed E-state index contributed by atoms with van der Waals surface area (Å²) in [7, 11) is 0. The highest BCUT2D eigenvalue weighted by Crippen LogP contribution is 2.52. The van der Waals surface area contributed by atoms with Gasteiger partial charge in [0.05, 0.1) is 0 Å². The van der Waals surface area contributed by atoms with Crippen molar-refractivity contribution in [3.63, 3.8) is 0 Å². The number of pyridine rings is 2. The molecule has 3 aliphatic heterocycles. The summed E-state index contributed by atoms with van der Waals surface area (Å²) in [5.74, 6) is 0. The van der Waals surface area contributed by atoms with Gasteiger partial charge in [-0.15, -0.1) is 0 Å². The van der Waals surface area contributed by atoms with E-state index in [1.165, 1.54) is 46.8 Å². The van der Waals surface area contributed by atoms with Gasteiger partial charge in [0, 0.05) is 75.8 Å². The second-order valence-electron chi connectivity index (χ2n) is 18.6. The van der Waals surface area contributed by atoms with Gasteiger partial charge < -0.3 is 14.7 Å². The minimum absolute atomic E-state index is 0.203. The molecule has 3 fully saturated rings. The average molecular weight is 800 g/mol. The first-order valence-electron chi connectivity index (χ1n) is 23.1. The Morgan fingerprint density at radius 1 is 0.367 bits per heavy atom. The van der Waals surface area contributed by atoms with E-state index in [0.29, 0.717) is 47.7 Å². The smallest absolute Gasteiger partial charge is 0.261 e. The summed E-state index contributed by atoms with van der Waals surface area (Å²) in [5.41, 5.74) is 1.45. The van der Waals surface area contributed by atoms with Crippen LogP contribution in [0.2, 0.25) is 0 Å². The maximum atomic E-state index is 14.9. The van der Waals surface area contributed by atoms with E-state index in [9.17, 15) is 19.2 Å². The monoisotopic (exact) mass is 799 g/mol. The standard InChI is InChI=1S/C51H53N5O4/c1-2-30-24-32-26-36-43-39(51(60)56(48(36)57)23-21-54-17-10-5-11-18-54)29-35-31(12-19-52-13-6-3-7-14-52)25-33-27-37-42-38(28-34(30)44-40(32)47(43)45(35)41(33)46(42)44)50(59)55(49(37)58)22-20-53-15-8-4-9-16-53/h24-29H,2-23H2,1H3. The molecule has 0 bridgehead atoms. The molecule has 0 spiro atoms. The van der Waals surface area contributed by atoms with Crippen LogP contribution in [0.25, 0.3) is 86.2 Å². The van der Waals surface area contributed by atoms with Crippen LogP contribution in [-0.4, -0.2) is 82.7 Å². The van der Waals surface area contributed by atoms with Crippen molar-refractivity contribution < 1.29 is 0 Å². The van der Waals surface area contributed by atoms with Crippen molar-refractivity contribution in [2.45, 2.75) is 90.6 Å².